The third-order valence-electron chi connectivity index (χ3n) is 3.69. The molecule has 130 valence electrons. The average molecular weight is 335 g/mol. The van der Waals surface area contributed by atoms with E-state index < -0.39 is 12.0 Å². The first-order valence-electron chi connectivity index (χ1n) is 7.82. The van der Waals surface area contributed by atoms with Gasteiger partial charge in [-0.25, -0.2) is 14.0 Å². The van der Waals surface area contributed by atoms with Gasteiger partial charge < -0.3 is 15.4 Å². The van der Waals surface area contributed by atoms with E-state index in [1.54, 1.807) is 39.1 Å². The summed E-state index contributed by atoms with van der Waals surface area (Å²) in [5.74, 6) is -0.751. The maximum atomic E-state index is 13.8. The van der Waals surface area contributed by atoms with Crippen LogP contribution in [0.4, 0.5) is 9.18 Å². The average Bonchev–Trinajstić information content (AvgIpc) is 2.49. The Labute approximate surface area is 140 Å². The molecule has 1 aromatic carbocycles. The number of likely N-dealkylation sites (N-methyl/N-ethyl adjacent to an activating group) is 1. The number of nitrogens with zero attached hydrogens (tertiary/aromatic N) is 1. The summed E-state index contributed by atoms with van der Waals surface area (Å²) in [4.78, 5) is 25.7. The minimum Gasteiger partial charge on any atom is -0.463 e. The lowest BCUT2D eigenvalue weighted by Gasteiger charge is -2.29. The molecular weight excluding hydrogens is 313 g/mol. The van der Waals surface area contributed by atoms with Crippen molar-refractivity contribution in [2.24, 2.45) is 0 Å². The van der Waals surface area contributed by atoms with E-state index in [1.165, 1.54) is 6.07 Å². The van der Waals surface area contributed by atoms with Crippen LogP contribution in [0.25, 0.3) is 0 Å². The van der Waals surface area contributed by atoms with Crippen LogP contribution in [0.5, 0.6) is 0 Å². The molecule has 1 unspecified atom stereocenters. The van der Waals surface area contributed by atoms with Crippen LogP contribution in [0.2, 0.25) is 0 Å². The Morgan fingerprint density at radius 1 is 1.33 bits per heavy atom. The predicted octanol–water partition coefficient (Wildman–Crippen LogP) is 1.78. The Morgan fingerprint density at radius 2 is 2.04 bits per heavy atom. The van der Waals surface area contributed by atoms with Crippen LogP contribution in [0.3, 0.4) is 0 Å². The lowest BCUT2D eigenvalue weighted by atomic mass is 10.0. The van der Waals surface area contributed by atoms with Crippen molar-refractivity contribution >= 4 is 12.0 Å². The van der Waals surface area contributed by atoms with Crippen LogP contribution in [0.15, 0.2) is 35.5 Å². The number of ether oxygens (including phenoxy) is 1. The number of nitrogens with one attached hydrogen (secondary N) is 2. The summed E-state index contributed by atoms with van der Waals surface area (Å²) in [5.41, 5.74) is 1.41. The highest BCUT2D eigenvalue weighted by molar-refractivity contribution is 5.94. The molecule has 2 rings (SSSR count). The number of amides is 2. The number of carbonyl (C=O) groups excluding carboxylic acids is 2. The van der Waals surface area contributed by atoms with Crippen LogP contribution >= 0.6 is 0 Å². The van der Waals surface area contributed by atoms with Crippen molar-refractivity contribution in [1.29, 1.82) is 0 Å². The van der Waals surface area contributed by atoms with E-state index in [9.17, 15) is 14.0 Å². The van der Waals surface area contributed by atoms with Gasteiger partial charge in [-0.05, 0) is 27.0 Å². The number of benzene rings is 1. The summed E-state index contributed by atoms with van der Waals surface area (Å²) in [6, 6.07) is 5.69. The first kappa shape index (κ1) is 17.9. The van der Waals surface area contributed by atoms with Gasteiger partial charge in [0, 0.05) is 24.4 Å². The number of esters is 1. The molecule has 0 radical (unpaired) electrons. The summed E-state index contributed by atoms with van der Waals surface area (Å²) in [6.07, 6.45) is 0. The minimum atomic E-state index is -0.466. The van der Waals surface area contributed by atoms with E-state index in [-0.39, 0.29) is 18.5 Å². The molecule has 0 fully saturated rings. The molecule has 7 heteroatoms. The van der Waals surface area contributed by atoms with Crippen molar-refractivity contribution < 1.29 is 18.7 Å². The highest BCUT2D eigenvalue weighted by Gasteiger charge is 2.30. The second kappa shape index (κ2) is 7.92. The summed E-state index contributed by atoms with van der Waals surface area (Å²) < 4.78 is 18.8. The molecule has 0 saturated heterocycles. The molecule has 1 atom stereocenters. The van der Waals surface area contributed by atoms with Crippen molar-refractivity contribution in [1.82, 2.24) is 15.5 Å². The van der Waals surface area contributed by atoms with Crippen molar-refractivity contribution in [3.8, 4) is 0 Å². The zero-order chi connectivity index (χ0) is 17.7. The van der Waals surface area contributed by atoms with Crippen molar-refractivity contribution in [2.45, 2.75) is 26.4 Å². The van der Waals surface area contributed by atoms with Gasteiger partial charge in [-0.15, -0.1) is 0 Å². The molecule has 1 aliphatic heterocycles. The predicted molar refractivity (Wildman–Crippen MR) is 87.5 cm³/mol. The number of halogens is 1. The summed E-state index contributed by atoms with van der Waals surface area (Å²) in [5, 5.41) is 5.30. The molecule has 2 N–H and O–H groups in total. The van der Waals surface area contributed by atoms with E-state index in [4.69, 9.17) is 4.74 Å². The van der Waals surface area contributed by atoms with Gasteiger partial charge in [-0.1, -0.05) is 18.2 Å². The zero-order valence-corrected chi connectivity index (χ0v) is 14.1. The molecule has 2 amide bonds. The fraction of sp³-hybridized carbons (Fsp3) is 0.412. The molecule has 0 aliphatic carbocycles. The fourth-order valence-electron chi connectivity index (χ4n) is 2.65. The standard InChI is InChI=1S/C17H22FN3O3/c1-4-24-16(22)15-11(2)19-17(23)20-14(15)10-21(3)9-12-7-5-6-8-13(12)18/h5-8,11H,4,9-10H2,1-3H3,(H2,19,20,23). The van der Waals surface area contributed by atoms with Crippen LogP contribution < -0.4 is 10.6 Å². The zero-order valence-electron chi connectivity index (χ0n) is 14.1. The normalized spacial score (nSPS) is 17.5. The maximum Gasteiger partial charge on any atom is 0.337 e. The molecule has 0 saturated carbocycles. The van der Waals surface area contributed by atoms with E-state index >= 15 is 0 Å². The molecule has 1 heterocycles. The Hall–Kier alpha value is -2.41. The number of hydrogen-bond donors (Lipinski definition) is 2. The molecule has 0 bridgehead atoms. The number of hydrogen-bond acceptors (Lipinski definition) is 4. The molecule has 0 spiro atoms. The topological polar surface area (TPSA) is 70.7 Å². The highest BCUT2D eigenvalue weighted by atomic mass is 19.1. The third-order valence-corrected chi connectivity index (χ3v) is 3.69. The second-order valence-electron chi connectivity index (χ2n) is 5.70. The Morgan fingerprint density at radius 3 is 2.71 bits per heavy atom. The van der Waals surface area contributed by atoms with Gasteiger partial charge in [-0.3, -0.25) is 4.90 Å². The number of urea groups is 1. The molecular formula is C17H22FN3O3. The molecule has 0 aromatic heterocycles. The fourth-order valence-corrected chi connectivity index (χ4v) is 2.65. The molecule has 1 aliphatic rings. The smallest absolute Gasteiger partial charge is 0.337 e. The van der Waals surface area contributed by atoms with Crippen LogP contribution in [-0.2, 0) is 16.1 Å². The lowest BCUT2D eigenvalue weighted by molar-refractivity contribution is -0.139. The lowest BCUT2D eigenvalue weighted by Crippen LogP contribution is -2.51. The van der Waals surface area contributed by atoms with Gasteiger partial charge >= 0.3 is 12.0 Å². The van der Waals surface area contributed by atoms with Gasteiger partial charge in [0.25, 0.3) is 0 Å². The summed E-state index contributed by atoms with van der Waals surface area (Å²) in [6.45, 7) is 4.34. The second-order valence-corrected chi connectivity index (χ2v) is 5.70. The van der Waals surface area contributed by atoms with E-state index in [0.29, 0.717) is 29.9 Å². The minimum absolute atomic E-state index is 0.251. The van der Waals surface area contributed by atoms with Crippen molar-refractivity contribution in [2.75, 3.05) is 20.2 Å². The molecule has 24 heavy (non-hydrogen) atoms. The largest absolute Gasteiger partial charge is 0.463 e. The number of rotatable bonds is 6. The third kappa shape index (κ3) is 4.32. The van der Waals surface area contributed by atoms with Gasteiger partial charge in [0.2, 0.25) is 0 Å². The van der Waals surface area contributed by atoms with Crippen LogP contribution in [-0.4, -0.2) is 43.1 Å². The summed E-state index contributed by atoms with van der Waals surface area (Å²) in [7, 11) is 1.79. The number of carbonyl (C=O) groups is 2. The Bertz CT molecular complexity index is 660. The van der Waals surface area contributed by atoms with Gasteiger partial charge in [0.15, 0.2) is 0 Å². The van der Waals surface area contributed by atoms with Crippen molar-refractivity contribution in [3.05, 3.63) is 46.9 Å². The van der Waals surface area contributed by atoms with Gasteiger partial charge in [0.1, 0.15) is 5.82 Å². The SMILES string of the molecule is CCOC(=O)C1=C(CN(C)Cc2ccccc2F)NC(=O)NC1C. The molecule has 1 aromatic rings. The van der Waals surface area contributed by atoms with Crippen LogP contribution in [0, 0.1) is 5.82 Å². The molecule has 6 nitrogen and oxygen atoms in total. The quantitative estimate of drug-likeness (QED) is 0.778. The maximum absolute atomic E-state index is 13.8. The van der Waals surface area contributed by atoms with E-state index in [2.05, 4.69) is 10.6 Å². The summed E-state index contributed by atoms with van der Waals surface area (Å²) >= 11 is 0. The van der Waals surface area contributed by atoms with Gasteiger partial charge in [0.05, 0.1) is 18.2 Å². The Balaban J connectivity index is 2.19. The first-order chi connectivity index (χ1) is 11.4. The van der Waals surface area contributed by atoms with E-state index in [1.807, 2.05) is 4.90 Å². The highest BCUT2D eigenvalue weighted by Crippen LogP contribution is 2.16. The first-order valence-corrected chi connectivity index (χ1v) is 7.82. The Kier molecular flexibility index (Phi) is 5.92. The van der Waals surface area contributed by atoms with Crippen molar-refractivity contribution in [3.63, 3.8) is 0 Å². The van der Waals surface area contributed by atoms with Gasteiger partial charge in [-0.2, -0.15) is 0 Å². The monoisotopic (exact) mass is 335 g/mol. The van der Waals surface area contributed by atoms with E-state index in [0.717, 1.165) is 0 Å². The van der Waals surface area contributed by atoms with Crippen LogP contribution in [0.1, 0.15) is 19.4 Å².